The molecule has 0 aromatic carbocycles. The van der Waals surface area contributed by atoms with Crippen molar-refractivity contribution in [2.45, 2.75) is 31.9 Å². The van der Waals surface area contributed by atoms with Crippen molar-refractivity contribution in [3.05, 3.63) is 0 Å². The molecule has 1 saturated heterocycles. The third kappa shape index (κ3) is 3.07. The molecule has 2 N–H and O–H groups in total. The highest BCUT2D eigenvalue weighted by atomic mass is 19.1. The van der Waals surface area contributed by atoms with E-state index in [1.54, 1.807) is 6.92 Å². The Bertz CT molecular complexity index is 130. The smallest absolute Gasteiger partial charge is 0.133 e. The summed E-state index contributed by atoms with van der Waals surface area (Å²) < 4.78 is 13.4. The molecule has 0 amide bonds. The van der Waals surface area contributed by atoms with Crippen LogP contribution in [0.25, 0.3) is 0 Å². The van der Waals surface area contributed by atoms with Gasteiger partial charge >= 0.3 is 0 Å². The fourth-order valence-corrected chi connectivity index (χ4v) is 1.65. The van der Waals surface area contributed by atoms with E-state index in [0.29, 0.717) is 6.54 Å². The maximum atomic E-state index is 13.4. The molecule has 1 fully saturated rings. The van der Waals surface area contributed by atoms with E-state index in [0.717, 1.165) is 13.1 Å². The third-order valence-electron chi connectivity index (χ3n) is 2.43. The molecule has 1 heterocycles. The van der Waals surface area contributed by atoms with Crippen LogP contribution < -0.4 is 5.73 Å². The molecular weight excluding hydrogens is 155 g/mol. The molecule has 0 aromatic heterocycles. The number of alkyl halides is 1. The number of hydrogen-bond donors (Lipinski definition) is 1. The number of hydrogen-bond acceptors (Lipinski definition) is 2. The van der Waals surface area contributed by atoms with Crippen LogP contribution in [0.5, 0.6) is 0 Å². The van der Waals surface area contributed by atoms with Gasteiger partial charge in [0.25, 0.3) is 0 Å². The number of likely N-dealkylation sites (tertiary alicyclic amines) is 1. The lowest BCUT2D eigenvalue weighted by Crippen LogP contribution is -2.44. The second-order valence-corrected chi connectivity index (χ2v) is 3.95. The first-order valence-corrected chi connectivity index (χ1v) is 4.75. The monoisotopic (exact) mass is 174 g/mol. The normalized spacial score (nSPS) is 25.2. The van der Waals surface area contributed by atoms with Gasteiger partial charge in [-0.2, -0.15) is 0 Å². The van der Waals surface area contributed by atoms with Crippen LogP contribution in [0.4, 0.5) is 4.39 Å². The topological polar surface area (TPSA) is 29.3 Å². The van der Waals surface area contributed by atoms with Crippen LogP contribution in [0.15, 0.2) is 0 Å². The van der Waals surface area contributed by atoms with Crippen LogP contribution in [0.2, 0.25) is 0 Å². The van der Waals surface area contributed by atoms with E-state index >= 15 is 0 Å². The van der Waals surface area contributed by atoms with Gasteiger partial charge in [-0.1, -0.05) is 6.42 Å². The number of nitrogens with zero attached hydrogens (tertiary/aromatic N) is 1. The number of halogens is 1. The highest BCUT2D eigenvalue weighted by Crippen LogP contribution is 2.15. The maximum Gasteiger partial charge on any atom is 0.133 e. The van der Waals surface area contributed by atoms with Crippen LogP contribution in [-0.2, 0) is 0 Å². The molecule has 1 unspecified atom stereocenters. The van der Waals surface area contributed by atoms with E-state index in [4.69, 9.17) is 5.73 Å². The zero-order chi connectivity index (χ0) is 9.03. The van der Waals surface area contributed by atoms with Crippen LogP contribution in [0.3, 0.4) is 0 Å². The molecular formula is C9H19FN2. The maximum absolute atomic E-state index is 13.4. The predicted octanol–water partition coefficient (Wildman–Crippen LogP) is 1.16. The second-order valence-electron chi connectivity index (χ2n) is 3.95. The van der Waals surface area contributed by atoms with Gasteiger partial charge in [-0.05, 0) is 32.9 Å². The van der Waals surface area contributed by atoms with E-state index in [9.17, 15) is 4.39 Å². The molecule has 0 saturated carbocycles. The largest absolute Gasteiger partial charge is 0.327 e. The Morgan fingerprint density at radius 1 is 1.33 bits per heavy atom. The number of piperidine rings is 1. The summed E-state index contributed by atoms with van der Waals surface area (Å²) in [7, 11) is 0. The highest BCUT2D eigenvalue weighted by Gasteiger charge is 2.25. The average Bonchev–Trinajstić information content (AvgIpc) is 2.06. The summed E-state index contributed by atoms with van der Waals surface area (Å²) >= 11 is 0. The minimum atomic E-state index is -1.20. The summed E-state index contributed by atoms with van der Waals surface area (Å²) in [6.07, 6.45) is 3.71. The van der Waals surface area contributed by atoms with Crippen LogP contribution in [0, 0.1) is 0 Å². The molecule has 1 rings (SSSR count). The lowest BCUT2D eigenvalue weighted by atomic mass is 10.1. The number of rotatable bonds is 3. The van der Waals surface area contributed by atoms with Gasteiger partial charge < -0.3 is 10.6 Å². The van der Waals surface area contributed by atoms with Crippen molar-refractivity contribution in [3.8, 4) is 0 Å². The first kappa shape index (κ1) is 9.93. The summed E-state index contributed by atoms with van der Waals surface area (Å²) in [4.78, 5) is 2.18. The molecule has 1 atom stereocenters. The van der Waals surface area contributed by atoms with Crippen LogP contribution >= 0.6 is 0 Å². The highest BCUT2D eigenvalue weighted by molar-refractivity contribution is 4.80. The van der Waals surface area contributed by atoms with Crippen molar-refractivity contribution in [2.24, 2.45) is 5.73 Å². The molecule has 2 nitrogen and oxygen atoms in total. The van der Waals surface area contributed by atoms with Gasteiger partial charge in [0, 0.05) is 13.1 Å². The first-order chi connectivity index (χ1) is 5.64. The Morgan fingerprint density at radius 2 is 1.92 bits per heavy atom. The quantitative estimate of drug-likeness (QED) is 0.695. The van der Waals surface area contributed by atoms with Crippen molar-refractivity contribution in [2.75, 3.05) is 26.2 Å². The SMILES string of the molecule is CC(F)(CN)CN1CCCCC1. The zero-order valence-corrected chi connectivity index (χ0v) is 7.85. The fourth-order valence-electron chi connectivity index (χ4n) is 1.65. The van der Waals surface area contributed by atoms with E-state index in [1.807, 2.05) is 0 Å². The fraction of sp³-hybridized carbons (Fsp3) is 1.00. The first-order valence-electron chi connectivity index (χ1n) is 4.75. The van der Waals surface area contributed by atoms with E-state index in [-0.39, 0.29) is 6.54 Å². The Morgan fingerprint density at radius 3 is 2.42 bits per heavy atom. The van der Waals surface area contributed by atoms with Crippen LogP contribution in [0.1, 0.15) is 26.2 Å². The summed E-state index contributed by atoms with van der Waals surface area (Å²) in [5.74, 6) is 0. The predicted molar refractivity (Wildman–Crippen MR) is 48.9 cm³/mol. The van der Waals surface area contributed by atoms with Crippen molar-refractivity contribution in [1.82, 2.24) is 4.90 Å². The molecule has 12 heavy (non-hydrogen) atoms. The molecule has 0 bridgehead atoms. The van der Waals surface area contributed by atoms with Crippen molar-refractivity contribution < 1.29 is 4.39 Å². The molecule has 0 radical (unpaired) electrons. The zero-order valence-electron chi connectivity index (χ0n) is 7.85. The molecule has 0 spiro atoms. The lowest BCUT2D eigenvalue weighted by Gasteiger charge is -2.31. The molecule has 72 valence electrons. The Labute approximate surface area is 73.9 Å². The van der Waals surface area contributed by atoms with Crippen molar-refractivity contribution >= 4 is 0 Å². The van der Waals surface area contributed by atoms with Crippen molar-refractivity contribution in [1.29, 1.82) is 0 Å². The van der Waals surface area contributed by atoms with Gasteiger partial charge in [0.2, 0.25) is 0 Å². The lowest BCUT2D eigenvalue weighted by molar-refractivity contribution is 0.102. The summed E-state index contributed by atoms with van der Waals surface area (Å²) in [5.41, 5.74) is 4.12. The summed E-state index contributed by atoms with van der Waals surface area (Å²) in [6, 6.07) is 0. The van der Waals surface area contributed by atoms with Gasteiger partial charge in [-0.25, -0.2) is 4.39 Å². The number of nitrogens with two attached hydrogens (primary N) is 1. The van der Waals surface area contributed by atoms with Gasteiger partial charge in [-0.3, -0.25) is 0 Å². The average molecular weight is 174 g/mol. The van der Waals surface area contributed by atoms with Crippen molar-refractivity contribution in [3.63, 3.8) is 0 Å². The summed E-state index contributed by atoms with van der Waals surface area (Å²) in [6.45, 7) is 4.30. The molecule has 1 aliphatic rings. The second kappa shape index (κ2) is 4.19. The Kier molecular flexibility index (Phi) is 3.47. The minimum Gasteiger partial charge on any atom is -0.327 e. The molecule has 0 aliphatic carbocycles. The summed E-state index contributed by atoms with van der Waals surface area (Å²) in [5, 5.41) is 0. The van der Waals surface area contributed by atoms with Gasteiger partial charge in [0.1, 0.15) is 5.67 Å². The minimum absolute atomic E-state index is 0.128. The van der Waals surface area contributed by atoms with Gasteiger partial charge in [0.15, 0.2) is 0 Å². The van der Waals surface area contributed by atoms with Gasteiger partial charge in [-0.15, -0.1) is 0 Å². The molecule has 1 aliphatic heterocycles. The van der Waals surface area contributed by atoms with E-state index < -0.39 is 5.67 Å². The van der Waals surface area contributed by atoms with E-state index in [1.165, 1.54) is 19.3 Å². The Hall–Kier alpha value is -0.150. The van der Waals surface area contributed by atoms with E-state index in [2.05, 4.69) is 4.90 Å². The molecule has 0 aromatic rings. The van der Waals surface area contributed by atoms with Crippen LogP contribution in [-0.4, -0.2) is 36.7 Å². The third-order valence-corrected chi connectivity index (χ3v) is 2.43. The molecule has 3 heteroatoms. The standard InChI is InChI=1S/C9H19FN2/c1-9(10,7-11)8-12-5-3-2-4-6-12/h2-8,11H2,1H3. The Balaban J connectivity index is 2.28. The van der Waals surface area contributed by atoms with Gasteiger partial charge in [0.05, 0.1) is 0 Å².